The lowest BCUT2D eigenvalue weighted by molar-refractivity contribution is -0.144. The zero-order valence-corrected chi connectivity index (χ0v) is 9.99. The normalized spacial score (nSPS) is 11.8. The van der Waals surface area contributed by atoms with Crippen molar-refractivity contribution >= 4 is 16.7 Å². The summed E-state index contributed by atoms with van der Waals surface area (Å²) in [5.41, 5.74) is 0. The molecule has 98 valence electrons. The molecule has 0 aliphatic rings. The number of nitrogens with one attached hydrogen (secondary N) is 2. The molecule has 0 saturated carbocycles. The van der Waals surface area contributed by atoms with Crippen LogP contribution in [-0.2, 0) is 10.9 Å². The topological polar surface area (TPSA) is 59.1 Å². The number of nitrogens with zero attached hydrogens (tertiary/aromatic N) is 2. The van der Waals surface area contributed by atoms with Crippen LogP contribution in [0.4, 0.5) is 18.3 Å². The summed E-state index contributed by atoms with van der Waals surface area (Å²) in [6, 6.07) is 0. The van der Waals surface area contributed by atoms with E-state index in [-0.39, 0.29) is 5.13 Å². The van der Waals surface area contributed by atoms with Gasteiger partial charge in [-0.3, -0.25) is 0 Å². The molecule has 0 aromatic carbocycles. The molecule has 0 aliphatic carbocycles. The molecule has 0 unspecified atom stereocenters. The lowest BCUT2D eigenvalue weighted by atomic mass is 10.6. The highest BCUT2D eigenvalue weighted by Gasteiger charge is 2.35. The second kappa shape index (κ2) is 6.72. The maximum atomic E-state index is 12.2. The van der Waals surface area contributed by atoms with Gasteiger partial charge in [0.1, 0.15) is 0 Å². The molecule has 9 heteroatoms. The Morgan fingerprint density at radius 1 is 1.29 bits per heavy atom. The van der Waals surface area contributed by atoms with E-state index in [4.69, 9.17) is 4.74 Å². The molecule has 17 heavy (non-hydrogen) atoms. The number of rotatable bonds is 7. The molecule has 1 heterocycles. The van der Waals surface area contributed by atoms with E-state index < -0.39 is 12.0 Å². The van der Waals surface area contributed by atoms with Crippen molar-refractivity contribution in [2.24, 2.45) is 0 Å². The van der Waals surface area contributed by atoms with Crippen molar-refractivity contribution in [1.29, 1.82) is 0 Å². The average molecular weight is 270 g/mol. The Bertz CT molecular complexity index is 331. The molecule has 0 amide bonds. The van der Waals surface area contributed by atoms with Crippen molar-refractivity contribution in [3.8, 4) is 0 Å². The van der Waals surface area contributed by atoms with Gasteiger partial charge in [-0.1, -0.05) is 0 Å². The molecule has 1 aromatic rings. The van der Waals surface area contributed by atoms with Crippen LogP contribution < -0.4 is 10.6 Å². The lowest BCUT2D eigenvalue weighted by Gasteiger charge is -2.04. The summed E-state index contributed by atoms with van der Waals surface area (Å²) in [5, 5.41) is 5.97. The standard InChI is InChI=1S/C8H13F3N4OS/c1-16-5-4-12-2-3-13-7-14-6(15-17-7)8(9,10)11/h12H,2-5H2,1H3,(H,13,14,15). The van der Waals surface area contributed by atoms with Gasteiger partial charge in [0.15, 0.2) is 0 Å². The van der Waals surface area contributed by atoms with E-state index in [0.29, 0.717) is 37.8 Å². The van der Waals surface area contributed by atoms with Gasteiger partial charge >= 0.3 is 6.18 Å². The number of aromatic nitrogens is 2. The molecule has 5 nitrogen and oxygen atoms in total. The third-order valence-electron chi connectivity index (χ3n) is 1.74. The molecule has 0 atom stereocenters. The first-order valence-electron chi connectivity index (χ1n) is 4.88. The highest BCUT2D eigenvalue weighted by Crippen LogP contribution is 2.28. The summed E-state index contributed by atoms with van der Waals surface area (Å²) in [6.45, 7) is 2.39. The van der Waals surface area contributed by atoms with Crippen LogP contribution in [0, 0.1) is 0 Å². The number of hydrogen-bond donors (Lipinski definition) is 2. The van der Waals surface area contributed by atoms with Gasteiger partial charge in [0.05, 0.1) is 6.61 Å². The first-order chi connectivity index (χ1) is 8.04. The largest absolute Gasteiger partial charge is 0.452 e. The van der Waals surface area contributed by atoms with Gasteiger partial charge < -0.3 is 15.4 Å². The third-order valence-corrected chi connectivity index (χ3v) is 2.41. The van der Waals surface area contributed by atoms with Gasteiger partial charge in [-0.05, 0) is 0 Å². The fourth-order valence-electron chi connectivity index (χ4n) is 0.967. The highest BCUT2D eigenvalue weighted by molar-refractivity contribution is 7.09. The summed E-state index contributed by atoms with van der Waals surface area (Å²) in [6.07, 6.45) is -4.48. The number of hydrogen-bond acceptors (Lipinski definition) is 6. The van der Waals surface area contributed by atoms with Crippen LogP contribution in [0.25, 0.3) is 0 Å². The Morgan fingerprint density at radius 2 is 2.06 bits per heavy atom. The van der Waals surface area contributed by atoms with Crippen LogP contribution in [0.15, 0.2) is 0 Å². The Balaban J connectivity index is 2.21. The molecule has 0 radical (unpaired) electrons. The Labute approximate surface area is 101 Å². The predicted molar refractivity (Wildman–Crippen MR) is 58.1 cm³/mol. The number of anilines is 1. The van der Waals surface area contributed by atoms with Crippen molar-refractivity contribution in [3.05, 3.63) is 5.82 Å². The molecule has 1 aromatic heterocycles. The van der Waals surface area contributed by atoms with Crippen molar-refractivity contribution in [1.82, 2.24) is 14.7 Å². The Morgan fingerprint density at radius 3 is 2.65 bits per heavy atom. The van der Waals surface area contributed by atoms with Crippen LogP contribution in [0.5, 0.6) is 0 Å². The van der Waals surface area contributed by atoms with E-state index in [1.54, 1.807) is 7.11 Å². The van der Waals surface area contributed by atoms with Gasteiger partial charge in [-0.25, -0.2) is 0 Å². The maximum Gasteiger partial charge on any atom is 0.452 e. The van der Waals surface area contributed by atoms with Gasteiger partial charge in [0.25, 0.3) is 0 Å². The van der Waals surface area contributed by atoms with E-state index in [9.17, 15) is 13.2 Å². The zero-order chi connectivity index (χ0) is 12.7. The molecule has 2 N–H and O–H groups in total. The molecule has 0 bridgehead atoms. The van der Waals surface area contributed by atoms with E-state index in [1.165, 1.54) is 0 Å². The minimum atomic E-state index is -4.48. The predicted octanol–water partition coefficient (Wildman–Crippen LogP) is 1.20. The van der Waals surface area contributed by atoms with Crippen LogP contribution in [0.2, 0.25) is 0 Å². The molecular weight excluding hydrogens is 257 g/mol. The first kappa shape index (κ1) is 14.1. The molecule has 0 aliphatic heterocycles. The molecular formula is C8H13F3N4OS. The number of alkyl halides is 3. The minimum absolute atomic E-state index is 0.172. The summed E-state index contributed by atoms with van der Waals surface area (Å²) in [5.74, 6) is -1.10. The van der Waals surface area contributed by atoms with E-state index in [2.05, 4.69) is 20.0 Å². The van der Waals surface area contributed by atoms with Crippen molar-refractivity contribution in [2.45, 2.75) is 6.18 Å². The fourth-order valence-corrected chi connectivity index (χ4v) is 1.58. The number of ether oxygens (including phenoxy) is 1. The van der Waals surface area contributed by atoms with Crippen LogP contribution >= 0.6 is 11.5 Å². The monoisotopic (exact) mass is 270 g/mol. The lowest BCUT2D eigenvalue weighted by Crippen LogP contribution is -2.25. The first-order valence-corrected chi connectivity index (χ1v) is 5.66. The Hall–Kier alpha value is -0.930. The van der Waals surface area contributed by atoms with Crippen LogP contribution in [-0.4, -0.2) is 42.7 Å². The number of methoxy groups -OCH3 is 1. The van der Waals surface area contributed by atoms with Gasteiger partial charge in [-0.2, -0.15) is 22.5 Å². The smallest absolute Gasteiger partial charge is 0.383 e. The molecule has 0 saturated heterocycles. The third kappa shape index (κ3) is 5.29. The second-order valence-corrected chi connectivity index (χ2v) is 3.84. The van der Waals surface area contributed by atoms with Gasteiger partial charge in [0.2, 0.25) is 11.0 Å². The quantitative estimate of drug-likeness (QED) is 0.729. The zero-order valence-electron chi connectivity index (χ0n) is 9.17. The minimum Gasteiger partial charge on any atom is -0.383 e. The summed E-state index contributed by atoms with van der Waals surface area (Å²) in [7, 11) is 1.60. The fraction of sp³-hybridized carbons (Fsp3) is 0.750. The van der Waals surface area contributed by atoms with Gasteiger partial charge in [-0.15, -0.1) is 0 Å². The molecule has 0 fully saturated rings. The van der Waals surface area contributed by atoms with E-state index >= 15 is 0 Å². The maximum absolute atomic E-state index is 12.2. The van der Waals surface area contributed by atoms with E-state index in [0.717, 1.165) is 0 Å². The average Bonchev–Trinajstić information content (AvgIpc) is 2.71. The number of halogens is 3. The molecule has 1 rings (SSSR count). The summed E-state index contributed by atoms with van der Waals surface area (Å²) < 4.78 is 44.5. The van der Waals surface area contributed by atoms with Crippen molar-refractivity contribution in [2.75, 3.05) is 38.7 Å². The summed E-state index contributed by atoms with van der Waals surface area (Å²) >= 11 is 0.700. The highest BCUT2D eigenvalue weighted by atomic mass is 32.1. The second-order valence-electron chi connectivity index (χ2n) is 3.09. The van der Waals surface area contributed by atoms with Crippen molar-refractivity contribution < 1.29 is 17.9 Å². The van der Waals surface area contributed by atoms with E-state index in [1.807, 2.05) is 0 Å². The van der Waals surface area contributed by atoms with Gasteiger partial charge in [0, 0.05) is 38.3 Å². The Kier molecular flexibility index (Phi) is 5.59. The van der Waals surface area contributed by atoms with Crippen molar-refractivity contribution in [3.63, 3.8) is 0 Å². The summed E-state index contributed by atoms with van der Waals surface area (Å²) in [4.78, 5) is 3.33. The van der Waals surface area contributed by atoms with Crippen LogP contribution in [0.1, 0.15) is 5.82 Å². The molecule has 0 spiro atoms. The van der Waals surface area contributed by atoms with Crippen LogP contribution in [0.3, 0.4) is 0 Å². The SMILES string of the molecule is COCCNCCNc1nc(C(F)(F)F)ns1.